The third kappa shape index (κ3) is 2.85. The van der Waals surface area contributed by atoms with Crippen LogP contribution in [0.2, 0.25) is 0 Å². The van der Waals surface area contributed by atoms with Crippen molar-refractivity contribution < 1.29 is 5.11 Å². The van der Waals surface area contributed by atoms with E-state index in [-0.39, 0.29) is 12.6 Å². The molecule has 0 saturated heterocycles. The summed E-state index contributed by atoms with van der Waals surface area (Å²) in [7, 11) is 0. The van der Waals surface area contributed by atoms with Crippen LogP contribution in [0.5, 0.6) is 0 Å². The number of aliphatic hydroxyl groups excluding tert-OH is 1. The largest absolute Gasteiger partial charge is 0.394 e. The van der Waals surface area contributed by atoms with E-state index >= 15 is 0 Å². The van der Waals surface area contributed by atoms with E-state index in [9.17, 15) is 0 Å². The van der Waals surface area contributed by atoms with Gasteiger partial charge in [0.1, 0.15) is 5.82 Å². The molecule has 0 amide bonds. The van der Waals surface area contributed by atoms with Crippen LogP contribution in [0.15, 0.2) is 6.07 Å². The van der Waals surface area contributed by atoms with Gasteiger partial charge in [-0.3, -0.25) is 0 Å². The molecule has 0 fully saturated rings. The Labute approximate surface area is 83.4 Å². The molecule has 1 heterocycles. The number of nitrogens with two attached hydrogens (primary N) is 1. The van der Waals surface area contributed by atoms with Gasteiger partial charge in [0, 0.05) is 11.8 Å². The predicted octanol–water partition coefficient (Wildman–Crippen LogP) is 0.550. The van der Waals surface area contributed by atoms with E-state index in [1.807, 2.05) is 20.8 Å². The van der Waals surface area contributed by atoms with Crippen molar-refractivity contribution in [3.05, 3.63) is 11.8 Å². The Bertz CT molecular complexity index is 304. The van der Waals surface area contributed by atoms with E-state index in [0.29, 0.717) is 5.82 Å². The van der Waals surface area contributed by atoms with Crippen molar-refractivity contribution in [2.45, 2.75) is 26.3 Å². The van der Waals surface area contributed by atoms with E-state index in [0.717, 1.165) is 5.69 Å². The van der Waals surface area contributed by atoms with E-state index < -0.39 is 5.54 Å². The molecular weight excluding hydrogens is 180 g/mol. The molecule has 0 saturated carbocycles. The lowest BCUT2D eigenvalue weighted by atomic mass is 10.1. The van der Waals surface area contributed by atoms with Crippen LogP contribution in [-0.4, -0.2) is 27.2 Å². The minimum Gasteiger partial charge on any atom is -0.394 e. The first-order valence-electron chi connectivity index (χ1n) is 4.43. The predicted molar refractivity (Wildman–Crippen MR) is 56.0 cm³/mol. The van der Waals surface area contributed by atoms with Gasteiger partial charge in [-0.1, -0.05) is 0 Å². The minimum absolute atomic E-state index is 0.0238. The number of rotatable bonds is 3. The topological polar surface area (TPSA) is 84.1 Å². The van der Waals surface area contributed by atoms with E-state index in [4.69, 9.17) is 10.8 Å². The van der Waals surface area contributed by atoms with E-state index in [1.165, 1.54) is 0 Å². The summed E-state index contributed by atoms with van der Waals surface area (Å²) in [4.78, 5) is 7.97. The summed E-state index contributed by atoms with van der Waals surface area (Å²) in [5, 5.41) is 12.1. The Balaban J connectivity index is 2.87. The third-order valence-electron chi connectivity index (χ3n) is 1.73. The smallest absolute Gasteiger partial charge is 0.222 e. The average Bonchev–Trinajstić information content (AvgIpc) is 2.01. The number of hydrogen-bond acceptors (Lipinski definition) is 5. The van der Waals surface area contributed by atoms with Gasteiger partial charge in [0.25, 0.3) is 0 Å². The molecule has 0 unspecified atom stereocenters. The maximum Gasteiger partial charge on any atom is 0.222 e. The molecule has 5 nitrogen and oxygen atoms in total. The summed E-state index contributed by atoms with van der Waals surface area (Å²) in [6.07, 6.45) is 0. The number of aromatic nitrogens is 2. The van der Waals surface area contributed by atoms with Crippen molar-refractivity contribution in [2.24, 2.45) is 0 Å². The second kappa shape index (κ2) is 3.79. The number of anilines is 2. The summed E-state index contributed by atoms with van der Waals surface area (Å²) >= 11 is 0. The average molecular weight is 196 g/mol. The molecular formula is C9H16N4O. The van der Waals surface area contributed by atoms with Gasteiger partial charge in [-0.15, -0.1) is 0 Å². The first kappa shape index (κ1) is 10.7. The van der Waals surface area contributed by atoms with Crippen LogP contribution >= 0.6 is 0 Å². The number of aryl methyl sites for hydroxylation is 1. The van der Waals surface area contributed by atoms with Crippen molar-refractivity contribution in [1.29, 1.82) is 0 Å². The molecule has 4 N–H and O–H groups in total. The summed E-state index contributed by atoms with van der Waals surface area (Å²) in [5.41, 5.74) is 5.89. The van der Waals surface area contributed by atoms with Gasteiger partial charge in [0.05, 0.1) is 12.1 Å². The molecule has 0 aliphatic carbocycles. The number of aliphatic hydroxyl groups is 1. The van der Waals surface area contributed by atoms with E-state index in [2.05, 4.69) is 15.3 Å². The third-order valence-corrected chi connectivity index (χ3v) is 1.73. The van der Waals surface area contributed by atoms with Crippen LogP contribution in [0.4, 0.5) is 11.8 Å². The molecule has 0 aliphatic rings. The molecule has 1 aromatic rings. The second-order valence-corrected chi connectivity index (χ2v) is 3.92. The molecule has 0 aliphatic heterocycles. The molecule has 0 radical (unpaired) electrons. The fourth-order valence-electron chi connectivity index (χ4n) is 1.04. The lowest BCUT2D eigenvalue weighted by Crippen LogP contribution is -2.35. The lowest BCUT2D eigenvalue weighted by molar-refractivity contribution is 0.234. The Kier molecular flexibility index (Phi) is 2.90. The van der Waals surface area contributed by atoms with Gasteiger partial charge in [-0.05, 0) is 20.8 Å². The number of nitrogen functional groups attached to an aromatic ring is 1. The standard InChI is InChI=1S/C9H16N4O/c1-6-4-7(12-8(10)11-6)13-9(2,3)5-14/h4,14H,5H2,1-3H3,(H3,10,11,12,13). The molecule has 0 atom stereocenters. The Morgan fingerprint density at radius 2 is 2.14 bits per heavy atom. The molecule has 14 heavy (non-hydrogen) atoms. The van der Waals surface area contributed by atoms with Crippen molar-refractivity contribution >= 4 is 11.8 Å². The number of nitrogens with one attached hydrogen (secondary N) is 1. The first-order chi connectivity index (χ1) is 6.43. The van der Waals surface area contributed by atoms with Gasteiger partial charge in [0.15, 0.2) is 0 Å². The van der Waals surface area contributed by atoms with Gasteiger partial charge in [0.2, 0.25) is 5.95 Å². The Morgan fingerprint density at radius 1 is 1.50 bits per heavy atom. The van der Waals surface area contributed by atoms with Crippen LogP contribution < -0.4 is 11.1 Å². The summed E-state index contributed by atoms with van der Waals surface area (Å²) < 4.78 is 0. The maximum absolute atomic E-state index is 9.06. The minimum atomic E-state index is -0.409. The molecule has 5 heteroatoms. The van der Waals surface area contributed by atoms with Crippen LogP contribution in [-0.2, 0) is 0 Å². The number of hydrogen-bond donors (Lipinski definition) is 3. The molecule has 1 aromatic heterocycles. The van der Waals surface area contributed by atoms with Crippen LogP contribution in [0.3, 0.4) is 0 Å². The monoisotopic (exact) mass is 196 g/mol. The SMILES string of the molecule is Cc1cc(NC(C)(C)CO)nc(N)n1. The van der Waals surface area contributed by atoms with Crippen LogP contribution in [0.1, 0.15) is 19.5 Å². The lowest BCUT2D eigenvalue weighted by Gasteiger charge is -2.24. The molecule has 1 rings (SSSR count). The highest BCUT2D eigenvalue weighted by Gasteiger charge is 2.16. The quantitative estimate of drug-likeness (QED) is 0.657. The Hall–Kier alpha value is -1.36. The molecule has 78 valence electrons. The van der Waals surface area contributed by atoms with Crippen molar-refractivity contribution in [3.8, 4) is 0 Å². The summed E-state index contributed by atoms with van der Waals surface area (Å²) in [5.74, 6) is 0.871. The normalized spacial score (nSPS) is 11.4. The number of nitrogens with zero attached hydrogens (tertiary/aromatic N) is 2. The first-order valence-corrected chi connectivity index (χ1v) is 4.43. The Morgan fingerprint density at radius 3 is 2.64 bits per heavy atom. The maximum atomic E-state index is 9.06. The fourth-order valence-corrected chi connectivity index (χ4v) is 1.04. The van der Waals surface area contributed by atoms with Gasteiger partial charge < -0.3 is 16.2 Å². The van der Waals surface area contributed by atoms with Gasteiger partial charge in [-0.2, -0.15) is 4.98 Å². The van der Waals surface area contributed by atoms with Crippen LogP contribution in [0.25, 0.3) is 0 Å². The zero-order valence-electron chi connectivity index (χ0n) is 8.70. The summed E-state index contributed by atoms with van der Waals surface area (Å²) in [6, 6.07) is 1.79. The van der Waals surface area contributed by atoms with Crippen LogP contribution in [0, 0.1) is 6.92 Å². The zero-order valence-corrected chi connectivity index (χ0v) is 8.70. The van der Waals surface area contributed by atoms with E-state index in [1.54, 1.807) is 6.07 Å². The highest BCUT2D eigenvalue weighted by molar-refractivity contribution is 5.42. The van der Waals surface area contributed by atoms with Crippen molar-refractivity contribution in [2.75, 3.05) is 17.7 Å². The second-order valence-electron chi connectivity index (χ2n) is 3.92. The highest BCUT2D eigenvalue weighted by Crippen LogP contribution is 2.13. The summed E-state index contributed by atoms with van der Waals surface area (Å²) in [6.45, 7) is 5.62. The molecule has 0 aromatic carbocycles. The van der Waals surface area contributed by atoms with Crippen molar-refractivity contribution in [3.63, 3.8) is 0 Å². The zero-order chi connectivity index (χ0) is 10.8. The molecule has 0 spiro atoms. The van der Waals surface area contributed by atoms with Gasteiger partial charge >= 0.3 is 0 Å². The van der Waals surface area contributed by atoms with Crippen molar-refractivity contribution in [1.82, 2.24) is 9.97 Å². The van der Waals surface area contributed by atoms with Gasteiger partial charge in [-0.25, -0.2) is 4.98 Å². The highest BCUT2D eigenvalue weighted by atomic mass is 16.3. The fraction of sp³-hybridized carbons (Fsp3) is 0.556. The molecule has 0 bridgehead atoms.